The minimum atomic E-state index is -0.230. The van der Waals surface area contributed by atoms with Gasteiger partial charge in [-0.3, -0.25) is 0 Å². The van der Waals surface area contributed by atoms with Gasteiger partial charge in [-0.25, -0.2) is 15.0 Å². The molecule has 4 heteroatoms. The van der Waals surface area contributed by atoms with Crippen molar-refractivity contribution in [3.63, 3.8) is 0 Å². The van der Waals surface area contributed by atoms with Crippen molar-refractivity contribution in [3.05, 3.63) is 187 Å². The topological polar surface area (TPSA) is 51.8 Å². The minimum absolute atomic E-state index is 0.230. The Morgan fingerprint density at radius 3 is 1.48 bits per heavy atom. The van der Waals surface area contributed by atoms with Crippen LogP contribution in [0.4, 0.5) is 0 Å². The molecular formula is C52H35N3O. The Labute approximate surface area is 324 Å². The molecule has 4 nitrogen and oxygen atoms in total. The van der Waals surface area contributed by atoms with Crippen LogP contribution in [-0.4, -0.2) is 15.0 Å². The van der Waals surface area contributed by atoms with Crippen molar-refractivity contribution in [3.8, 4) is 67.5 Å². The van der Waals surface area contributed by atoms with E-state index in [0.29, 0.717) is 17.5 Å². The number of nitrogens with zero attached hydrogens (tertiary/aromatic N) is 3. The van der Waals surface area contributed by atoms with Gasteiger partial charge >= 0.3 is 0 Å². The van der Waals surface area contributed by atoms with Gasteiger partial charge in [-0.2, -0.15) is 0 Å². The first-order valence-electron chi connectivity index (χ1n) is 19.1. The second kappa shape index (κ2) is 12.4. The van der Waals surface area contributed by atoms with E-state index in [1.165, 1.54) is 38.8 Å². The first-order chi connectivity index (χ1) is 27.5. The molecule has 0 N–H and O–H groups in total. The quantitative estimate of drug-likeness (QED) is 0.178. The van der Waals surface area contributed by atoms with E-state index in [1.807, 2.05) is 12.1 Å². The third kappa shape index (κ3) is 5.03. The Kier molecular flexibility index (Phi) is 7.17. The first-order valence-corrected chi connectivity index (χ1v) is 19.1. The molecule has 1 aliphatic rings. The smallest absolute Gasteiger partial charge is 0.164 e. The number of aromatic nitrogens is 3. The summed E-state index contributed by atoms with van der Waals surface area (Å²) in [7, 11) is 0. The predicted molar refractivity (Wildman–Crippen MR) is 229 cm³/mol. The number of rotatable bonds is 5. The van der Waals surface area contributed by atoms with Gasteiger partial charge in [0.15, 0.2) is 17.5 Å². The lowest BCUT2D eigenvalue weighted by Crippen LogP contribution is -2.15. The van der Waals surface area contributed by atoms with Gasteiger partial charge in [-0.1, -0.05) is 172 Å². The molecule has 56 heavy (non-hydrogen) atoms. The van der Waals surface area contributed by atoms with Gasteiger partial charge in [0.1, 0.15) is 11.2 Å². The minimum Gasteiger partial charge on any atom is -0.455 e. The lowest BCUT2D eigenvalue weighted by molar-refractivity contribution is 0.659. The fourth-order valence-corrected chi connectivity index (χ4v) is 8.77. The van der Waals surface area contributed by atoms with Crippen LogP contribution in [0.15, 0.2) is 180 Å². The van der Waals surface area contributed by atoms with Crippen LogP contribution >= 0.6 is 0 Å². The van der Waals surface area contributed by atoms with Crippen LogP contribution in [0.5, 0.6) is 0 Å². The zero-order chi connectivity index (χ0) is 37.4. The maximum Gasteiger partial charge on any atom is 0.164 e. The first kappa shape index (κ1) is 32.3. The summed E-state index contributed by atoms with van der Waals surface area (Å²) < 4.78 is 6.80. The Morgan fingerprint density at radius 2 is 0.875 bits per heavy atom. The van der Waals surface area contributed by atoms with Crippen molar-refractivity contribution in [2.24, 2.45) is 0 Å². The fraction of sp³-hybridized carbons (Fsp3) is 0.0577. The molecule has 0 radical (unpaired) electrons. The second-order valence-electron chi connectivity index (χ2n) is 15.2. The normalized spacial score (nSPS) is 13.0. The molecule has 8 aromatic carbocycles. The highest BCUT2D eigenvalue weighted by atomic mass is 16.3. The summed E-state index contributed by atoms with van der Waals surface area (Å²) in [6.07, 6.45) is 0. The molecule has 1 aliphatic carbocycles. The van der Waals surface area contributed by atoms with Gasteiger partial charge in [0.25, 0.3) is 0 Å². The van der Waals surface area contributed by atoms with Gasteiger partial charge in [0.05, 0.1) is 0 Å². The monoisotopic (exact) mass is 717 g/mol. The summed E-state index contributed by atoms with van der Waals surface area (Å²) in [6.45, 7) is 4.68. The number of hydrogen-bond donors (Lipinski definition) is 0. The van der Waals surface area contributed by atoms with Crippen LogP contribution < -0.4 is 0 Å². The molecule has 0 unspecified atom stereocenters. The fourth-order valence-electron chi connectivity index (χ4n) is 8.77. The van der Waals surface area contributed by atoms with Crippen molar-refractivity contribution in [2.75, 3.05) is 0 Å². The predicted octanol–water partition coefficient (Wildman–Crippen LogP) is 13.6. The number of fused-ring (bicyclic) bond motifs is 10. The van der Waals surface area contributed by atoms with Gasteiger partial charge in [-0.15, -0.1) is 0 Å². The molecule has 2 heterocycles. The molecular weight excluding hydrogens is 683 g/mol. The van der Waals surface area contributed by atoms with E-state index in [4.69, 9.17) is 19.4 Å². The number of furan rings is 1. The standard InChI is InChI=1S/C52H35N3O/c1-52(2)43-20-12-11-19-41(43)45-39-17-9-10-18-40(39)48-46(47(45)52)42-31-38(29-30-44(42)56-48)51-54-49(36-25-21-34(22-26-36)32-13-5-3-6-14-32)53-50(55-51)37-27-23-35(24-28-37)33-15-7-4-8-16-33/h3-31H,1-2H3. The van der Waals surface area contributed by atoms with Gasteiger partial charge in [0, 0.05) is 38.3 Å². The highest BCUT2D eigenvalue weighted by Crippen LogP contribution is 2.56. The van der Waals surface area contributed by atoms with Crippen molar-refractivity contribution in [1.82, 2.24) is 15.0 Å². The van der Waals surface area contributed by atoms with Crippen LogP contribution in [0.25, 0.3) is 100 Å². The maximum absolute atomic E-state index is 6.80. The maximum atomic E-state index is 6.80. The average molecular weight is 718 g/mol. The Morgan fingerprint density at radius 1 is 0.411 bits per heavy atom. The molecule has 0 saturated heterocycles. The van der Waals surface area contributed by atoms with E-state index < -0.39 is 0 Å². The lowest BCUT2D eigenvalue weighted by Gasteiger charge is -2.22. The summed E-state index contributed by atoms with van der Waals surface area (Å²) in [6, 6.07) is 61.6. The summed E-state index contributed by atoms with van der Waals surface area (Å²) in [5, 5.41) is 4.55. The summed E-state index contributed by atoms with van der Waals surface area (Å²) >= 11 is 0. The third-order valence-electron chi connectivity index (χ3n) is 11.5. The van der Waals surface area contributed by atoms with E-state index in [9.17, 15) is 0 Å². The van der Waals surface area contributed by atoms with Crippen molar-refractivity contribution in [2.45, 2.75) is 19.3 Å². The van der Waals surface area contributed by atoms with Gasteiger partial charge in [-0.05, 0) is 68.1 Å². The highest BCUT2D eigenvalue weighted by Gasteiger charge is 2.39. The van der Waals surface area contributed by atoms with Crippen molar-refractivity contribution in [1.29, 1.82) is 0 Å². The van der Waals surface area contributed by atoms with E-state index >= 15 is 0 Å². The highest BCUT2D eigenvalue weighted by molar-refractivity contribution is 6.23. The van der Waals surface area contributed by atoms with E-state index in [0.717, 1.165) is 55.1 Å². The molecule has 0 bridgehead atoms. The SMILES string of the molecule is CC1(C)c2ccccc2-c2c1c1c3cc(-c4nc(-c5ccc(-c6ccccc6)cc5)nc(-c5ccc(-c6ccccc6)cc5)n4)ccc3oc1c1ccccc21. The molecule has 0 saturated carbocycles. The second-order valence-corrected chi connectivity index (χ2v) is 15.2. The van der Waals surface area contributed by atoms with Gasteiger partial charge < -0.3 is 4.42 Å². The molecule has 0 atom stereocenters. The molecule has 2 aromatic heterocycles. The largest absolute Gasteiger partial charge is 0.455 e. The van der Waals surface area contributed by atoms with Crippen molar-refractivity contribution < 1.29 is 4.42 Å². The van der Waals surface area contributed by atoms with E-state index in [1.54, 1.807) is 0 Å². The van der Waals surface area contributed by atoms with Crippen LogP contribution in [0, 0.1) is 0 Å². The van der Waals surface area contributed by atoms with Crippen molar-refractivity contribution >= 4 is 32.7 Å². The molecule has 264 valence electrons. The summed E-state index contributed by atoms with van der Waals surface area (Å²) in [5.74, 6) is 1.86. The van der Waals surface area contributed by atoms with Gasteiger partial charge in [0.2, 0.25) is 0 Å². The van der Waals surface area contributed by atoms with E-state index in [-0.39, 0.29) is 5.41 Å². The Balaban J connectivity index is 1.11. The summed E-state index contributed by atoms with van der Waals surface area (Å²) in [5.41, 5.74) is 14.1. The van der Waals surface area contributed by atoms with Crippen LogP contribution in [-0.2, 0) is 5.41 Å². The van der Waals surface area contributed by atoms with Crippen LogP contribution in [0.1, 0.15) is 25.0 Å². The third-order valence-corrected chi connectivity index (χ3v) is 11.5. The molecule has 0 aliphatic heterocycles. The summed E-state index contributed by atoms with van der Waals surface area (Å²) in [4.78, 5) is 15.4. The molecule has 11 rings (SSSR count). The lowest BCUT2D eigenvalue weighted by atomic mass is 9.79. The Bertz CT molecular complexity index is 3030. The zero-order valence-corrected chi connectivity index (χ0v) is 31.0. The molecule has 0 spiro atoms. The zero-order valence-electron chi connectivity index (χ0n) is 31.0. The number of hydrogen-bond acceptors (Lipinski definition) is 4. The van der Waals surface area contributed by atoms with Crippen LogP contribution in [0.2, 0.25) is 0 Å². The molecule has 0 amide bonds. The Hall–Kier alpha value is -7.17. The number of benzene rings is 8. The molecule has 10 aromatic rings. The molecule has 0 fully saturated rings. The van der Waals surface area contributed by atoms with Crippen LogP contribution in [0.3, 0.4) is 0 Å². The average Bonchev–Trinajstić information content (AvgIpc) is 3.76. The van der Waals surface area contributed by atoms with E-state index in [2.05, 4.69) is 178 Å².